The van der Waals surface area contributed by atoms with Gasteiger partial charge in [-0.3, -0.25) is 19.3 Å². The summed E-state index contributed by atoms with van der Waals surface area (Å²) in [5.41, 5.74) is 8.71. The number of hydrogen-bond acceptors (Lipinski definition) is 7. The van der Waals surface area contributed by atoms with E-state index in [0.717, 1.165) is 11.1 Å². The average Bonchev–Trinajstić information content (AvgIpc) is 3.21. The predicted molar refractivity (Wildman–Crippen MR) is 144 cm³/mol. The second-order valence-corrected chi connectivity index (χ2v) is 9.28. The molecule has 9 heteroatoms. The minimum Gasteiger partial charge on any atom is -0.484 e. The second-order valence-electron chi connectivity index (χ2n) is 9.28. The number of fused-ring (bicyclic) bond motifs is 2. The Morgan fingerprint density at radius 3 is 2.28 bits per heavy atom. The molecule has 1 aliphatic heterocycles. The molecule has 0 saturated heterocycles. The molecule has 2 amide bonds. The van der Waals surface area contributed by atoms with Gasteiger partial charge in [0, 0.05) is 5.69 Å². The third-order valence-electron chi connectivity index (χ3n) is 6.72. The average molecular weight is 527 g/mol. The first-order chi connectivity index (χ1) is 18.7. The van der Waals surface area contributed by atoms with Crippen LogP contribution in [0.1, 0.15) is 56.1 Å². The van der Waals surface area contributed by atoms with Gasteiger partial charge in [-0.25, -0.2) is 4.79 Å². The van der Waals surface area contributed by atoms with Crippen LogP contribution in [0, 0.1) is 13.8 Å². The van der Waals surface area contributed by atoms with Gasteiger partial charge in [0.2, 0.25) is 5.76 Å². The maximum absolute atomic E-state index is 13.9. The molecule has 0 radical (unpaired) electrons. The molecule has 9 nitrogen and oxygen atoms in total. The number of amides is 2. The Bertz CT molecular complexity index is 1670. The maximum atomic E-state index is 13.9. The number of rotatable bonds is 7. The van der Waals surface area contributed by atoms with Crippen LogP contribution >= 0.6 is 0 Å². The molecule has 0 spiro atoms. The highest BCUT2D eigenvalue weighted by molar-refractivity contribution is 6.11. The first kappa shape index (κ1) is 25.7. The lowest BCUT2D eigenvalue weighted by Gasteiger charge is -2.25. The summed E-state index contributed by atoms with van der Waals surface area (Å²) in [5, 5.41) is 0.385. The van der Waals surface area contributed by atoms with Crippen molar-refractivity contribution >= 4 is 34.4 Å². The minimum atomic E-state index is -0.812. The minimum absolute atomic E-state index is 0.0377. The van der Waals surface area contributed by atoms with Crippen molar-refractivity contribution in [2.24, 2.45) is 5.73 Å². The van der Waals surface area contributed by atoms with E-state index in [2.05, 4.69) is 0 Å². The fourth-order valence-electron chi connectivity index (χ4n) is 4.68. The van der Waals surface area contributed by atoms with Crippen LogP contribution in [0.3, 0.4) is 0 Å². The summed E-state index contributed by atoms with van der Waals surface area (Å²) >= 11 is 0. The van der Waals surface area contributed by atoms with Gasteiger partial charge in [0.25, 0.3) is 11.8 Å². The molecule has 198 valence electrons. The Kier molecular flexibility index (Phi) is 6.66. The number of aryl methyl sites for hydroxylation is 2. The van der Waals surface area contributed by atoms with Crippen molar-refractivity contribution in [1.29, 1.82) is 0 Å². The molecule has 0 fully saturated rings. The summed E-state index contributed by atoms with van der Waals surface area (Å²) in [5.74, 6) is -1.20. The third-order valence-corrected chi connectivity index (χ3v) is 6.72. The first-order valence-electron chi connectivity index (χ1n) is 12.4. The van der Waals surface area contributed by atoms with Crippen LogP contribution in [-0.2, 0) is 9.53 Å². The Morgan fingerprint density at radius 1 is 0.974 bits per heavy atom. The summed E-state index contributed by atoms with van der Waals surface area (Å²) < 4.78 is 16.5. The standard InChI is InChI=1S/C30H26N2O7/c1-4-37-30(36)19-5-9-20(10-6-19)32-26(18-7-11-21(12-8-18)38-15-24(31)33)25-27(34)22-13-16(2)17(3)14-23(22)39-28(25)29(32)35/h5-14,26H,4,15H2,1-3H3,(H2,31,33). The van der Waals surface area contributed by atoms with Crippen molar-refractivity contribution in [1.82, 2.24) is 0 Å². The highest BCUT2D eigenvalue weighted by atomic mass is 16.5. The molecule has 39 heavy (non-hydrogen) atoms. The molecule has 1 unspecified atom stereocenters. The zero-order valence-corrected chi connectivity index (χ0v) is 21.6. The van der Waals surface area contributed by atoms with E-state index >= 15 is 0 Å². The summed E-state index contributed by atoms with van der Waals surface area (Å²) in [6.45, 7) is 5.50. The van der Waals surface area contributed by atoms with E-state index in [4.69, 9.17) is 19.6 Å². The van der Waals surface area contributed by atoms with E-state index < -0.39 is 23.8 Å². The first-order valence-corrected chi connectivity index (χ1v) is 12.4. The summed E-state index contributed by atoms with van der Waals surface area (Å²) in [6, 6.07) is 15.8. The molecule has 1 aliphatic rings. The van der Waals surface area contributed by atoms with Gasteiger partial charge in [-0.15, -0.1) is 0 Å². The van der Waals surface area contributed by atoms with Gasteiger partial charge in [0.1, 0.15) is 11.3 Å². The predicted octanol–water partition coefficient (Wildman–Crippen LogP) is 4.20. The molecule has 0 saturated carbocycles. The molecular weight excluding hydrogens is 500 g/mol. The van der Waals surface area contributed by atoms with E-state index in [1.807, 2.05) is 13.8 Å². The number of nitrogens with two attached hydrogens (primary N) is 1. The van der Waals surface area contributed by atoms with E-state index in [9.17, 15) is 19.2 Å². The summed E-state index contributed by atoms with van der Waals surface area (Å²) in [7, 11) is 0. The van der Waals surface area contributed by atoms with Crippen molar-refractivity contribution in [2.45, 2.75) is 26.8 Å². The molecule has 5 rings (SSSR count). The van der Waals surface area contributed by atoms with Crippen molar-refractivity contribution < 1.29 is 28.3 Å². The Morgan fingerprint density at radius 2 is 1.64 bits per heavy atom. The molecule has 0 bridgehead atoms. The fraction of sp³-hybridized carbons (Fsp3) is 0.200. The third kappa shape index (κ3) is 4.63. The number of carbonyl (C=O) groups excluding carboxylic acids is 3. The topological polar surface area (TPSA) is 129 Å². The van der Waals surface area contributed by atoms with Crippen molar-refractivity contribution in [2.75, 3.05) is 18.1 Å². The van der Waals surface area contributed by atoms with Crippen molar-refractivity contribution in [3.05, 3.63) is 104 Å². The number of nitrogens with zero attached hydrogens (tertiary/aromatic N) is 1. The van der Waals surface area contributed by atoms with Gasteiger partial charge in [0.05, 0.1) is 29.2 Å². The monoisotopic (exact) mass is 526 g/mol. The molecule has 2 N–H and O–H groups in total. The van der Waals surface area contributed by atoms with E-state index in [1.54, 1.807) is 67.6 Å². The number of ether oxygens (including phenoxy) is 2. The highest BCUT2D eigenvalue weighted by Gasteiger charge is 2.43. The smallest absolute Gasteiger partial charge is 0.338 e. The van der Waals surface area contributed by atoms with Crippen LogP contribution in [0.15, 0.2) is 69.9 Å². The molecule has 4 aromatic rings. The lowest BCUT2D eigenvalue weighted by atomic mass is 9.97. The zero-order valence-electron chi connectivity index (χ0n) is 21.6. The van der Waals surface area contributed by atoms with E-state index in [0.29, 0.717) is 33.5 Å². The van der Waals surface area contributed by atoms with Gasteiger partial charge in [0.15, 0.2) is 12.0 Å². The van der Waals surface area contributed by atoms with Crippen LogP contribution < -0.4 is 20.8 Å². The largest absolute Gasteiger partial charge is 0.484 e. The van der Waals surface area contributed by atoms with Crippen LogP contribution in [-0.4, -0.2) is 31.0 Å². The van der Waals surface area contributed by atoms with E-state index in [1.165, 1.54) is 4.90 Å². The number of carbonyl (C=O) groups is 3. The van der Waals surface area contributed by atoms with Crippen LogP contribution in [0.25, 0.3) is 11.0 Å². The van der Waals surface area contributed by atoms with E-state index in [-0.39, 0.29) is 30.0 Å². The summed E-state index contributed by atoms with van der Waals surface area (Å²) in [6.07, 6.45) is 0. The van der Waals surface area contributed by atoms with Crippen molar-refractivity contribution in [3.63, 3.8) is 0 Å². The molecular formula is C30H26N2O7. The fourth-order valence-corrected chi connectivity index (χ4v) is 4.68. The molecule has 1 aromatic heterocycles. The van der Waals surface area contributed by atoms with Crippen LogP contribution in [0.4, 0.5) is 5.69 Å². The lowest BCUT2D eigenvalue weighted by Crippen LogP contribution is -2.29. The van der Waals surface area contributed by atoms with Gasteiger partial charge in [-0.2, -0.15) is 0 Å². The number of hydrogen-bond donors (Lipinski definition) is 1. The number of primary amides is 1. The maximum Gasteiger partial charge on any atom is 0.338 e. The van der Waals surface area contributed by atoms with Gasteiger partial charge in [-0.05, 0) is 86.0 Å². The number of benzene rings is 3. The quantitative estimate of drug-likeness (QED) is 0.357. The highest BCUT2D eigenvalue weighted by Crippen LogP contribution is 2.41. The Labute approximate surface area is 223 Å². The molecule has 3 aromatic carbocycles. The van der Waals surface area contributed by atoms with Crippen LogP contribution in [0.5, 0.6) is 5.75 Å². The number of anilines is 1. The second kappa shape index (κ2) is 10.1. The number of esters is 1. The SMILES string of the molecule is CCOC(=O)c1ccc(N2C(=O)c3oc4cc(C)c(C)cc4c(=O)c3C2c2ccc(OCC(N)=O)cc2)cc1. The summed E-state index contributed by atoms with van der Waals surface area (Å²) in [4.78, 5) is 52.4. The molecule has 2 heterocycles. The van der Waals surface area contributed by atoms with Crippen LogP contribution in [0.2, 0.25) is 0 Å². The Balaban J connectivity index is 1.66. The van der Waals surface area contributed by atoms with Gasteiger partial charge >= 0.3 is 5.97 Å². The zero-order chi connectivity index (χ0) is 27.8. The van der Waals surface area contributed by atoms with Crippen molar-refractivity contribution in [3.8, 4) is 5.75 Å². The Hall–Kier alpha value is -4.92. The lowest BCUT2D eigenvalue weighted by molar-refractivity contribution is -0.119. The van der Waals surface area contributed by atoms with Gasteiger partial charge < -0.3 is 19.6 Å². The van der Waals surface area contributed by atoms with Gasteiger partial charge in [-0.1, -0.05) is 12.1 Å². The molecule has 1 atom stereocenters. The normalized spacial score (nSPS) is 14.4. The molecule has 0 aliphatic carbocycles.